The Bertz CT molecular complexity index is 1140. The maximum atomic E-state index is 10.3. The Morgan fingerprint density at radius 1 is 0.794 bits per heavy atom. The highest BCUT2D eigenvalue weighted by atomic mass is 16.5. The highest BCUT2D eigenvalue weighted by Gasteiger charge is 2.25. The maximum absolute atomic E-state index is 10.3. The van der Waals surface area contributed by atoms with E-state index in [1.807, 2.05) is 18.2 Å². The van der Waals surface area contributed by atoms with Crippen LogP contribution in [0.4, 0.5) is 0 Å². The highest BCUT2D eigenvalue weighted by Crippen LogP contribution is 2.43. The van der Waals surface area contributed by atoms with Crippen molar-refractivity contribution >= 4 is 21.5 Å². The van der Waals surface area contributed by atoms with Gasteiger partial charge in [0.15, 0.2) is 0 Å². The molecular weight excluding hydrogens is 430 g/mol. The molecule has 186 valence electrons. The maximum Gasteiger partial charge on any atom is 0.125 e. The molecule has 0 radical (unpaired) electrons. The van der Waals surface area contributed by atoms with Crippen LogP contribution in [0.3, 0.4) is 0 Å². The third-order valence-corrected chi connectivity index (χ3v) is 6.80. The van der Waals surface area contributed by atoms with Gasteiger partial charge >= 0.3 is 0 Å². The predicted molar refractivity (Wildman–Crippen MR) is 138 cm³/mol. The third kappa shape index (κ3) is 4.86. The molecule has 6 nitrogen and oxygen atoms in total. The smallest absolute Gasteiger partial charge is 0.125 e. The van der Waals surface area contributed by atoms with E-state index in [1.54, 1.807) is 14.2 Å². The lowest BCUT2D eigenvalue weighted by Crippen LogP contribution is -2.27. The molecule has 0 fully saturated rings. The summed E-state index contributed by atoms with van der Waals surface area (Å²) in [7, 11) is 5.29. The van der Waals surface area contributed by atoms with Gasteiger partial charge in [0, 0.05) is 24.2 Å². The Morgan fingerprint density at radius 2 is 1.44 bits per heavy atom. The molecule has 0 unspecified atom stereocenters. The van der Waals surface area contributed by atoms with Crippen molar-refractivity contribution in [3.8, 4) is 11.5 Å². The molecule has 3 N–H and O–H groups in total. The second-order valence-corrected chi connectivity index (χ2v) is 8.94. The standard InChI is InChI=1S/C23H27NO5.C5H12/c1-24-5-4-14-17-8-22(29-3)19(11-26)20(12-27)23(17)16-6-13(10-25)21(28-2)7-15(16)18(14)9-24;1-3-5-4-2/h6-8,25-27H,4-5,9-12H2,1-3H3;3-5H2,1-2H3. The van der Waals surface area contributed by atoms with Gasteiger partial charge in [0.25, 0.3) is 0 Å². The van der Waals surface area contributed by atoms with Crippen LogP contribution in [0.5, 0.6) is 11.5 Å². The molecular formula is C28H39NO5. The fourth-order valence-electron chi connectivity index (χ4n) is 5.02. The van der Waals surface area contributed by atoms with E-state index in [1.165, 1.54) is 30.4 Å². The lowest BCUT2D eigenvalue weighted by molar-refractivity contribution is 0.255. The van der Waals surface area contributed by atoms with Crippen molar-refractivity contribution in [1.82, 2.24) is 4.90 Å². The Morgan fingerprint density at radius 3 is 1.97 bits per heavy atom. The van der Waals surface area contributed by atoms with Crippen LogP contribution < -0.4 is 9.47 Å². The van der Waals surface area contributed by atoms with Gasteiger partial charge in [-0.05, 0) is 69.9 Å². The predicted octanol–water partition coefficient (Wildman–Crippen LogP) is 4.67. The number of aliphatic hydroxyl groups is 3. The molecule has 0 bridgehead atoms. The number of fused-ring (bicyclic) bond motifs is 6. The largest absolute Gasteiger partial charge is 0.496 e. The van der Waals surface area contributed by atoms with Crippen LogP contribution >= 0.6 is 0 Å². The molecule has 0 aliphatic carbocycles. The van der Waals surface area contributed by atoms with Crippen molar-refractivity contribution in [3.63, 3.8) is 0 Å². The van der Waals surface area contributed by atoms with E-state index in [4.69, 9.17) is 9.47 Å². The third-order valence-electron chi connectivity index (χ3n) is 6.80. The number of methoxy groups -OCH3 is 2. The molecule has 0 amide bonds. The zero-order valence-corrected chi connectivity index (χ0v) is 21.2. The second kappa shape index (κ2) is 11.8. The molecule has 1 aliphatic rings. The summed E-state index contributed by atoms with van der Waals surface area (Å²) in [6.45, 7) is 5.60. The van der Waals surface area contributed by atoms with E-state index in [2.05, 4.69) is 25.8 Å². The summed E-state index contributed by atoms with van der Waals surface area (Å²) in [5.41, 5.74) is 4.42. The number of unbranched alkanes of at least 4 members (excludes halogenated alkanes) is 2. The number of hydrogen-bond donors (Lipinski definition) is 3. The first-order valence-corrected chi connectivity index (χ1v) is 12.2. The number of likely N-dealkylation sites (N-methyl/N-ethyl adjacent to an activating group) is 1. The summed E-state index contributed by atoms with van der Waals surface area (Å²) in [4.78, 5) is 2.28. The first-order valence-electron chi connectivity index (χ1n) is 12.2. The summed E-state index contributed by atoms with van der Waals surface area (Å²) in [6.07, 6.45) is 4.96. The first kappa shape index (κ1) is 26.2. The Kier molecular flexibility index (Phi) is 9.14. The molecule has 0 aromatic heterocycles. The van der Waals surface area contributed by atoms with Crippen LogP contribution in [0.1, 0.15) is 60.9 Å². The average molecular weight is 470 g/mol. The molecule has 0 spiro atoms. The van der Waals surface area contributed by atoms with Crippen molar-refractivity contribution in [1.29, 1.82) is 0 Å². The van der Waals surface area contributed by atoms with Gasteiger partial charge in [-0.25, -0.2) is 0 Å². The normalized spacial score (nSPS) is 13.5. The van der Waals surface area contributed by atoms with Crippen LogP contribution in [0, 0.1) is 0 Å². The van der Waals surface area contributed by atoms with E-state index < -0.39 is 0 Å². The quantitative estimate of drug-likeness (QED) is 0.436. The van der Waals surface area contributed by atoms with Crippen molar-refractivity contribution < 1.29 is 24.8 Å². The van der Waals surface area contributed by atoms with Crippen LogP contribution in [0.2, 0.25) is 0 Å². The molecule has 34 heavy (non-hydrogen) atoms. The van der Waals surface area contributed by atoms with E-state index in [0.717, 1.165) is 41.1 Å². The van der Waals surface area contributed by atoms with Gasteiger partial charge in [-0.3, -0.25) is 0 Å². The minimum atomic E-state index is -0.223. The second-order valence-electron chi connectivity index (χ2n) is 8.94. The van der Waals surface area contributed by atoms with Gasteiger partial charge < -0.3 is 29.7 Å². The monoisotopic (exact) mass is 469 g/mol. The number of aliphatic hydroxyl groups excluding tert-OH is 3. The molecule has 0 saturated carbocycles. The summed E-state index contributed by atoms with van der Waals surface area (Å²) in [6, 6.07) is 5.91. The van der Waals surface area contributed by atoms with Gasteiger partial charge in [0.1, 0.15) is 11.5 Å². The van der Waals surface area contributed by atoms with Crippen LogP contribution in [-0.4, -0.2) is 48.0 Å². The van der Waals surface area contributed by atoms with E-state index >= 15 is 0 Å². The number of ether oxygens (including phenoxy) is 2. The van der Waals surface area contributed by atoms with E-state index in [-0.39, 0.29) is 19.8 Å². The van der Waals surface area contributed by atoms with Crippen molar-refractivity contribution in [3.05, 3.63) is 46.0 Å². The number of benzene rings is 3. The molecule has 0 saturated heterocycles. The highest BCUT2D eigenvalue weighted by molar-refractivity contribution is 6.14. The Balaban J connectivity index is 0.000000588. The number of hydrogen-bond acceptors (Lipinski definition) is 6. The van der Waals surface area contributed by atoms with E-state index in [0.29, 0.717) is 28.2 Å². The minimum absolute atomic E-state index is 0.144. The Hall–Kier alpha value is -2.38. The lowest BCUT2D eigenvalue weighted by Gasteiger charge is -2.29. The summed E-state index contributed by atoms with van der Waals surface area (Å²) in [5, 5.41) is 34.1. The molecule has 0 atom stereocenters. The molecule has 4 rings (SSSR count). The van der Waals surface area contributed by atoms with Gasteiger partial charge in [0.05, 0.1) is 34.0 Å². The number of nitrogens with zero attached hydrogens (tertiary/aromatic N) is 1. The van der Waals surface area contributed by atoms with E-state index in [9.17, 15) is 15.3 Å². The molecule has 3 aromatic rings. The SMILES string of the molecule is CCCCC.COc1cc2c3c(c4cc(OC)c(CO)c(CO)c4c2cc1CO)CCN(C)C3. The number of rotatable bonds is 7. The average Bonchev–Trinajstić information content (AvgIpc) is 2.87. The van der Waals surface area contributed by atoms with Gasteiger partial charge in [-0.15, -0.1) is 0 Å². The van der Waals surface area contributed by atoms with Gasteiger partial charge in [0.2, 0.25) is 0 Å². The molecule has 6 heteroatoms. The van der Waals surface area contributed by atoms with Crippen LogP contribution in [0.15, 0.2) is 18.2 Å². The fourth-order valence-corrected chi connectivity index (χ4v) is 5.02. The molecule has 3 aromatic carbocycles. The summed E-state index contributed by atoms with van der Waals surface area (Å²) in [5.74, 6) is 1.23. The van der Waals surface area contributed by atoms with Crippen LogP contribution in [-0.2, 0) is 32.8 Å². The Labute approximate surface area is 202 Å². The lowest BCUT2D eigenvalue weighted by atomic mass is 9.84. The summed E-state index contributed by atoms with van der Waals surface area (Å²) >= 11 is 0. The zero-order valence-electron chi connectivity index (χ0n) is 21.2. The van der Waals surface area contributed by atoms with Crippen molar-refractivity contribution in [2.45, 2.75) is 65.9 Å². The van der Waals surface area contributed by atoms with Crippen molar-refractivity contribution in [2.75, 3.05) is 27.8 Å². The molecule has 1 aliphatic heterocycles. The first-order chi connectivity index (χ1) is 16.5. The van der Waals surface area contributed by atoms with Gasteiger partial charge in [-0.1, -0.05) is 33.1 Å². The summed E-state index contributed by atoms with van der Waals surface area (Å²) < 4.78 is 11.1. The van der Waals surface area contributed by atoms with Crippen molar-refractivity contribution in [2.24, 2.45) is 0 Å². The molecule has 1 heterocycles. The fraction of sp³-hybridized carbons (Fsp3) is 0.500. The topological polar surface area (TPSA) is 82.4 Å². The minimum Gasteiger partial charge on any atom is -0.496 e. The van der Waals surface area contributed by atoms with Gasteiger partial charge in [-0.2, -0.15) is 0 Å². The zero-order chi connectivity index (χ0) is 24.8. The van der Waals surface area contributed by atoms with Crippen LogP contribution in [0.25, 0.3) is 21.5 Å².